The van der Waals surface area contributed by atoms with E-state index in [1.807, 2.05) is 11.8 Å². The van der Waals surface area contributed by atoms with Crippen LogP contribution in [0.25, 0.3) is 0 Å². The molecule has 0 amide bonds. The molecule has 2 heterocycles. The fourth-order valence-corrected chi connectivity index (χ4v) is 4.33. The first-order chi connectivity index (χ1) is 11.9. The number of hydrogen-bond donors (Lipinski definition) is 0. The molecule has 1 fully saturated rings. The third kappa shape index (κ3) is 3.80. The summed E-state index contributed by atoms with van der Waals surface area (Å²) in [5, 5.41) is 14.5. The minimum Gasteiger partial charge on any atom is -0.369 e. The van der Waals surface area contributed by atoms with Gasteiger partial charge in [-0.1, -0.05) is 5.16 Å². The van der Waals surface area contributed by atoms with Crippen LogP contribution in [-0.4, -0.2) is 49.0 Å². The van der Waals surface area contributed by atoms with Crippen molar-refractivity contribution in [2.75, 3.05) is 31.1 Å². The first-order valence-electron chi connectivity index (χ1n) is 7.74. The minimum absolute atomic E-state index is 0.0510. The Morgan fingerprint density at radius 3 is 2.52 bits per heavy atom. The van der Waals surface area contributed by atoms with Crippen LogP contribution in [-0.2, 0) is 15.8 Å². The predicted octanol–water partition coefficient (Wildman–Crippen LogP) is 1.54. The first-order valence-corrected chi connectivity index (χ1v) is 9.35. The molecule has 0 atom stereocenters. The number of non-ortho nitro benzene ring substituents is 1. The van der Waals surface area contributed by atoms with E-state index in [4.69, 9.17) is 0 Å². The summed E-state index contributed by atoms with van der Waals surface area (Å²) in [7, 11) is -3.45. The summed E-state index contributed by atoms with van der Waals surface area (Å²) in [5.41, 5.74) is 2.12. The van der Waals surface area contributed by atoms with Gasteiger partial charge in [-0.2, -0.15) is 4.31 Å². The molecule has 10 heteroatoms. The number of aryl methyl sites for hydroxylation is 1. The number of benzene rings is 1. The van der Waals surface area contributed by atoms with Gasteiger partial charge < -0.3 is 9.42 Å². The Labute approximate surface area is 145 Å². The summed E-state index contributed by atoms with van der Waals surface area (Å²) < 4.78 is 31.0. The lowest BCUT2D eigenvalue weighted by Crippen LogP contribution is -2.49. The van der Waals surface area contributed by atoms with Gasteiger partial charge in [0.2, 0.25) is 10.0 Å². The minimum atomic E-state index is -3.45. The molecule has 2 aromatic rings. The van der Waals surface area contributed by atoms with Gasteiger partial charge in [0.05, 0.1) is 10.6 Å². The van der Waals surface area contributed by atoms with E-state index < -0.39 is 14.9 Å². The Morgan fingerprint density at radius 2 is 1.96 bits per heavy atom. The van der Waals surface area contributed by atoms with Gasteiger partial charge in [0, 0.05) is 50.1 Å². The van der Waals surface area contributed by atoms with Crippen molar-refractivity contribution in [3.05, 3.63) is 51.9 Å². The number of sulfonamides is 1. The molecular weight excluding hydrogens is 348 g/mol. The highest BCUT2D eigenvalue weighted by atomic mass is 32.2. The molecule has 1 saturated heterocycles. The number of nitro benzene ring substituents is 1. The van der Waals surface area contributed by atoms with Crippen LogP contribution in [0.3, 0.4) is 0 Å². The van der Waals surface area contributed by atoms with Crippen molar-refractivity contribution >= 4 is 21.4 Å². The van der Waals surface area contributed by atoms with Crippen molar-refractivity contribution in [1.82, 2.24) is 9.46 Å². The lowest BCUT2D eigenvalue weighted by molar-refractivity contribution is -0.384. The number of nitro groups is 1. The SMILES string of the molecule is Cc1cc([N+](=O)[O-])ccc1N1CCN(S(=O)(=O)Cc2ccon2)CC1. The van der Waals surface area contributed by atoms with Crippen molar-refractivity contribution in [2.24, 2.45) is 0 Å². The summed E-state index contributed by atoms with van der Waals surface area (Å²) in [6.07, 6.45) is 1.35. The zero-order valence-corrected chi connectivity index (χ0v) is 14.5. The summed E-state index contributed by atoms with van der Waals surface area (Å²) in [6, 6.07) is 6.25. The van der Waals surface area contributed by atoms with E-state index >= 15 is 0 Å². The molecule has 134 valence electrons. The van der Waals surface area contributed by atoms with Gasteiger partial charge in [-0.25, -0.2) is 8.42 Å². The van der Waals surface area contributed by atoms with Crippen molar-refractivity contribution < 1.29 is 17.9 Å². The Kier molecular flexibility index (Phi) is 4.73. The lowest BCUT2D eigenvalue weighted by atomic mass is 10.1. The largest absolute Gasteiger partial charge is 0.369 e. The van der Waals surface area contributed by atoms with Gasteiger partial charge in [0.25, 0.3) is 5.69 Å². The monoisotopic (exact) mass is 366 g/mol. The summed E-state index contributed by atoms with van der Waals surface area (Å²) in [6.45, 7) is 3.58. The number of rotatable bonds is 5. The van der Waals surface area contributed by atoms with Crippen LogP contribution >= 0.6 is 0 Å². The van der Waals surface area contributed by atoms with E-state index in [0.29, 0.717) is 31.9 Å². The van der Waals surface area contributed by atoms with E-state index in [-0.39, 0.29) is 11.4 Å². The first kappa shape index (κ1) is 17.4. The standard InChI is InChI=1S/C15H18N4O5S/c1-12-10-14(19(20)21)2-3-15(12)17-5-7-18(8-6-17)25(22,23)11-13-4-9-24-16-13/h2-4,9-10H,5-8,11H2,1H3. The number of nitrogens with zero attached hydrogens (tertiary/aromatic N) is 4. The van der Waals surface area contributed by atoms with Gasteiger partial charge in [-0.15, -0.1) is 0 Å². The quantitative estimate of drug-likeness (QED) is 0.583. The number of hydrogen-bond acceptors (Lipinski definition) is 7. The molecular formula is C15H18N4O5S. The molecule has 3 rings (SSSR count). The highest BCUT2D eigenvalue weighted by Crippen LogP contribution is 2.26. The Morgan fingerprint density at radius 1 is 1.24 bits per heavy atom. The molecule has 25 heavy (non-hydrogen) atoms. The van der Waals surface area contributed by atoms with E-state index in [1.54, 1.807) is 6.07 Å². The molecule has 0 spiro atoms. The Bertz CT molecular complexity index is 858. The average molecular weight is 366 g/mol. The second-order valence-corrected chi connectivity index (χ2v) is 7.83. The van der Waals surface area contributed by atoms with E-state index in [2.05, 4.69) is 9.68 Å². The van der Waals surface area contributed by atoms with Crippen LogP contribution in [0.5, 0.6) is 0 Å². The van der Waals surface area contributed by atoms with Crippen molar-refractivity contribution in [3.8, 4) is 0 Å². The molecule has 0 radical (unpaired) electrons. The molecule has 0 aliphatic carbocycles. The Balaban J connectivity index is 1.66. The molecule has 0 unspecified atom stereocenters. The average Bonchev–Trinajstić information content (AvgIpc) is 3.07. The maximum absolute atomic E-state index is 12.4. The number of anilines is 1. The van der Waals surface area contributed by atoms with Crippen LogP contribution in [0.1, 0.15) is 11.3 Å². The fraction of sp³-hybridized carbons (Fsp3) is 0.400. The van der Waals surface area contributed by atoms with Gasteiger partial charge in [0.15, 0.2) is 0 Å². The summed E-state index contributed by atoms with van der Waals surface area (Å²) in [5.74, 6) is -0.180. The van der Waals surface area contributed by atoms with E-state index in [1.165, 1.54) is 28.8 Å². The molecule has 1 aliphatic heterocycles. The lowest BCUT2D eigenvalue weighted by Gasteiger charge is -2.36. The van der Waals surface area contributed by atoms with Crippen molar-refractivity contribution in [3.63, 3.8) is 0 Å². The van der Waals surface area contributed by atoms with Crippen molar-refractivity contribution in [2.45, 2.75) is 12.7 Å². The molecule has 0 bridgehead atoms. The fourth-order valence-electron chi connectivity index (χ4n) is 2.91. The van der Waals surface area contributed by atoms with E-state index in [0.717, 1.165) is 11.3 Å². The number of piperazine rings is 1. The molecule has 0 N–H and O–H groups in total. The third-order valence-electron chi connectivity index (χ3n) is 4.19. The predicted molar refractivity (Wildman–Crippen MR) is 90.7 cm³/mol. The van der Waals surface area contributed by atoms with Crippen LogP contribution in [0, 0.1) is 17.0 Å². The zero-order chi connectivity index (χ0) is 18.0. The molecule has 1 aliphatic rings. The highest BCUT2D eigenvalue weighted by molar-refractivity contribution is 7.88. The van der Waals surface area contributed by atoms with E-state index in [9.17, 15) is 18.5 Å². The third-order valence-corrected chi connectivity index (χ3v) is 6.00. The van der Waals surface area contributed by atoms with Crippen LogP contribution in [0.2, 0.25) is 0 Å². The normalized spacial score (nSPS) is 16.1. The summed E-state index contributed by atoms with van der Waals surface area (Å²) >= 11 is 0. The molecule has 9 nitrogen and oxygen atoms in total. The van der Waals surface area contributed by atoms with Crippen LogP contribution in [0.4, 0.5) is 11.4 Å². The smallest absolute Gasteiger partial charge is 0.269 e. The van der Waals surface area contributed by atoms with Crippen LogP contribution < -0.4 is 4.90 Å². The maximum atomic E-state index is 12.4. The summed E-state index contributed by atoms with van der Waals surface area (Å²) in [4.78, 5) is 12.4. The van der Waals surface area contributed by atoms with Crippen molar-refractivity contribution in [1.29, 1.82) is 0 Å². The number of aromatic nitrogens is 1. The molecule has 1 aromatic heterocycles. The second-order valence-electron chi connectivity index (χ2n) is 5.86. The Hall–Kier alpha value is -2.46. The highest BCUT2D eigenvalue weighted by Gasteiger charge is 2.28. The topological polar surface area (TPSA) is 110 Å². The maximum Gasteiger partial charge on any atom is 0.269 e. The second kappa shape index (κ2) is 6.81. The van der Waals surface area contributed by atoms with Gasteiger partial charge >= 0.3 is 0 Å². The van der Waals surface area contributed by atoms with Gasteiger partial charge in [-0.05, 0) is 18.6 Å². The molecule has 0 saturated carbocycles. The van der Waals surface area contributed by atoms with Gasteiger partial charge in [0.1, 0.15) is 12.0 Å². The molecule has 1 aromatic carbocycles. The van der Waals surface area contributed by atoms with Crippen LogP contribution in [0.15, 0.2) is 35.1 Å². The zero-order valence-electron chi connectivity index (χ0n) is 13.7. The van der Waals surface area contributed by atoms with Gasteiger partial charge in [-0.3, -0.25) is 10.1 Å².